The topological polar surface area (TPSA) is 35.8 Å². The van der Waals surface area contributed by atoms with E-state index in [4.69, 9.17) is 5.26 Å². The third kappa shape index (κ3) is 3.98. The Balaban J connectivity index is 2.57. The number of nitrogens with one attached hydrogen (secondary N) is 1. The van der Waals surface area contributed by atoms with Gasteiger partial charge in [-0.2, -0.15) is 31.6 Å². The molecule has 1 aliphatic rings. The van der Waals surface area contributed by atoms with Crippen molar-refractivity contribution in [1.29, 1.82) is 5.26 Å². The number of allylic oxidation sites excluding steroid dienone is 3. The largest absolute Gasteiger partial charge is 0.437 e. The molecule has 0 aliphatic carbocycles. The van der Waals surface area contributed by atoms with E-state index >= 15 is 0 Å². The minimum absolute atomic E-state index is 0.108. The molecule has 1 aromatic carbocycles. The van der Waals surface area contributed by atoms with E-state index in [1.165, 1.54) is 25.1 Å². The number of hydrogen-bond donors (Lipinski definition) is 1. The molecule has 0 spiro atoms. The van der Waals surface area contributed by atoms with Gasteiger partial charge in [0.2, 0.25) is 0 Å². The smallest absolute Gasteiger partial charge is 0.350 e. The molecule has 0 fully saturated rings. The van der Waals surface area contributed by atoms with Gasteiger partial charge in [0.25, 0.3) is 0 Å². The first-order chi connectivity index (χ1) is 12.2. The molecule has 10 heteroatoms. The normalized spacial score (nSPS) is 21.0. The molecule has 1 N–H and O–H groups in total. The average molecular weight is 457 g/mol. The highest BCUT2D eigenvalue weighted by Gasteiger charge is 2.75. The van der Waals surface area contributed by atoms with Crippen molar-refractivity contribution in [1.82, 2.24) is 5.32 Å². The summed E-state index contributed by atoms with van der Waals surface area (Å²) in [5, 5.41) is 10.9. The highest BCUT2D eigenvalue weighted by molar-refractivity contribution is 9.11. The molecule has 0 bridgehead atoms. The third-order valence-electron chi connectivity index (χ3n) is 4.05. The van der Waals surface area contributed by atoms with Crippen LogP contribution in [0.25, 0.3) is 0 Å². The van der Waals surface area contributed by atoms with Crippen molar-refractivity contribution < 1.29 is 30.7 Å². The lowest BCUT2D eigenvalue weighted by atomic mass is 9.78. The lowest BCUT2D eigenvalue weighted by Gasteiger charge is -2.37. The SMILES string of the molecule is CC1(Cc2ccccc2C#N)C=C(Br)NC(C(F)(C(F)(F)F)C(F)(F)F)=C1. The maximum Gasteiger partial charge on any atom is 0.437 e. The molecule has 1 aliphatic heterocycles. The number of nitrogens with zero attached hydrogens (tertiary/aromatic N) is 1. The van der Waals surface area contributed by atoms with Crippen molar-refractivity contribution in [3.05, 3.63) is 57.8 Å². The fourth-order valence-electron chi connectivity index (χ4n) is 2.81. The Bertz CT molecular complexity index is 819. The molecule has 0 amide bonds. The molecule has 1 heterocycles. The van der Waals surface area contributed by atoms with Gasteiger partial charge in [-0.1, -0.05) is 31.2 Å². The number of nitriles is 1. The van der Waals surface area contributed by atoms with E-state index in [1.54, 1.807) is 17.4 Å². The predicted octanol–water partition coefficient (Wildman–Crippen LogP) is 5.66. The van der Waals surface area contributed by atoms with Crippen LogP contribution >= 0.6 is 15.9 Å². The highest BCUT2D eigenvalue weighted by atomic mass is 79.9. The number of alkyl halides is 7. The quantitative estimate of drug-likeness (QED) is 0.470. The zero-order valence-corrected chi connectivity index (χ0v) is 15.2. The van der Waals surface area contributed by atoms with E-state index in [0.29, 0.717) is 11.6 Å². The van der Waals surface area contributed by atoms with Crippen LogP contribution < -0.4 is 5.32 Å². The summed E-state index contributed by atoms with van der Waals surface area (Å²) >= 11 is 2.82. The summed E-state index contributed by atoms with van der Waals surface area (Å²) in [6.07, 6.45) is -10.7. The van der Waals surface area contributed by atoms with Crippen molar-refractivity contribution in [3.8, 4) is 6.07 Å². The number of benzene rings is 1. The van der Waals surface area contributed by atoms with E-state index in [1.807, 2.05) is 6.07 Å². The van der Waals surface area contributed by atoms with Gasteiger partial charge in [0.1, 0.15) is 0 Å². The Morgan fingerprint density at radius 3 is 2.11 bits per heavy atom. The highest BCUT2D eigenvalue weighted by Crippen LogP contribution is 2.52. The maximum atomic E-state index is 14.4. The second kappa shape index (κ2) is 6.86. The molecule has 1 atom stereocenters. The molecular weight excluding hydrogens is 445 g/mol. The predicted molar refractivity (Wildman–Crippen MR) is 87.1 cm³/mol. The van der Waals surface area contributed by atoms with Crippen molar-refractivity contribution >= 4 is 15.9 Å². The van der Waals surface area contributed by atoms with Gasteiger partial charge in [-0.05, 0) is 40.1 Å². The van der Waals surface area contributed by atoms with E-state index < -0.39 is 29.1 Å². The standard InChI is InChI=1S/C17H12BrF7N2/c1-14(6-10-4-2-3-5-11(10)9-26)7-12(27-13(18)8-14)15(19,16(20,21)22)17(23,24)25/h2-5,7-8,27H,6H2,1H3. The van der Waals surface area contributed by atoms with Gasteiger partial charge in [0, 0.05) is 5.41 Å². The first-order valence-corrected chi connectivity index (χ1v) is 8.22. The van der Waals surface area contributed by atoms with Crippen LogP contribution in [0, 0.1) is 16.7 Å². The summed E-state index contributed by atoms with van der Waals surface area (Å²) in [5.74, 6) is 0. The van der Waals surface area contributed by atoms with E-state index in [0.717, 1.165) is 0 Å². The minimum Gasteiger partial charge on any atom is -0.350 e. The maximum absolute atomic E-state index is 14.4. The van der Waals surface area contributed by atoms with Gasteiger partial charge in [0.15, 0.2) is 0 Å². The Hall–Kier alpha value is -2.02. The fraction of sp³-hybridized carbons (Fsp3) is 0.353. The van der Waals surface area contributed by atoms with Crippen LogP contribution in [0.4, 0.5) is 30.7 Å². The van der Waals surface area contributed by atoms with Gasteiger partial charge in [-0.25, -0.2) is 4.39 Å². The van der Waals surface area contributed by atoms with Crippen molar-refractivity contribution in [2.75, 3.05) is 0 Å². The molecule has 1 aromatic rings. The van der Waals surface area contributed by atoms with Crippen molar-refractivity contribution in [2.24, 2.45) is 5.41 Å². The van der Waals surface area contributed by atoms with Crippen LogP contribution in [-0.2, 0) is 6.42 Å². The Labute approximate surface area is 158 Å². The van der Waals surface area contributed by atoms with E-state index in [9.17, 15) is 30.7 Å². The molecule has 0 aromatic heterocycles. The molecule has 27 heavy (non-hydrogen) atoms. The third-order valence-corrected chi connectivity index (χ3v) is 4.47. The molecule has 2 nitrogen and oxygen atoms in total. The molecule has 146 valence electrons. The molecule has 1 unspecified atom stereocenters. The summed E-state index contributed by atoms with van der Waals surface area (Å²) < 4.78 is 92.5. The van der Waals surface area contributed by atoms with Gasteiger partial charge in [-0.3, -0.25) is 0 Å². The van der Waals surface area contributed by atoms with E-state index in [2.05, 4.69) is 15.9 Å². The van der Waals surface area contributed by atoms with Crippen LogP contribution in [0.3, 0.4) is 0 Å². The average Bonchev–Trinajstić information content (AvgIpc) is 2.51. The number of hydrogen-bond acceptors (Lipinski definition) is 2. The Morgan fingerprint density at radius 1 is 1.04 bits per heavy atom. The summed E-state index contributed by atoms with van der Waals surface area (Å²) in [7, 11) is 0. The number of rotatable bonds is 3. The fourth-order valence-corrected chi connectivity index (χ4v) is 3.55. The van der Waals surface area contributed by atoms with Crippen LogP contribution in [-0.4, -0.2) is 18.0 Å². The Morgan fingerprint density at radius 2 is 1.59 bits per heavy atom. The molecule has 0 saturated heterocycles. The second-order valence-corrected chi connectivity index (χ2v) is 7.14. The summed E-state index contributed by atoms with van der Waals surface area (Å²) in [6, 6.07) is 8.04. The zero-order valence-electron chi connectivity index (χ0n) is 13.6. The van der Waals surface area contributed by atoms with Crippen LogP contribution in [0.2, 0.25) is 0 Å². The van der Waals surface area contributed by atoms with E-state index in [-0.39, 0.29) is 16.6 Å². The molecular formula is C17H12BrF7N2. The molecule has 0 radical (unpaired) electrons. The summed E-state index contributed by atoms with van der Waals surface area (Å²) in [5.41, 5.74) is -8.03. The van der Waals surface area contributed by atoms with Crippen LogP contribution in [0.1, 0.15) is 18.1 Å². The lowest BCUT2D eigenvalue weighted by molar-refractivity contribution is -0.327. The number of dihydropyridines is 1. The monoisotopic (exact) mass is 456 g/mol. The second-order valence-electron chi connectivity index (χ2n) is 6.28. The first kappa shape index (κ1) is 21.3. The van der Waals surface area contributed by atoms with Crippen molar-refractivity contribution in [3.63, 3.8) is 0 Å². The van der Waals surface area contributed by atoms with Crippen molar-refractivity contribution in [2.45, 2.75) is 31.4 Å². The lowest BCUT2D eigenvalue weighted by Crippen LogP contribution is -2.58. The molecule has 2 rings (SSSR count). The van der Waals surface area contributed by atoms with Crippen LogP contribution in [0.15, 0.2) is 46.7 Å². The first-order valence-electron chi connectivity index (χ1n) is 7.42. The van der Waals surface area contributed by atoms with Gasteiger partial charge in [0.05, 0.1) is 21.9 Å². The molecule has 0 saturated carbocycles. The van der Waals surface area contributed by atoms with Gasteiger partial charge < -0.3 is 5.32 Å². The summed E-state index contributed by atoms with van der Waals surface area (Å²) in [4.78, 5) is 0. The zero-order chi connectivity index (χ0) is 20.7. The minimum atomic E-state index is -6.22. The number of halogens is 8. The van der Waals surface area contributed by atoms with Gasteiger partial charge in [-0.15, -0.1) is 0 Å². The van der Waals surface area contributed by atoms with Gasteiger partial charge >= 0.3 is 18.0 Å². The Kier molecular flexibility index (Phi) is 5.40. The summed E-state index contributed by atoms with van der Waals surface area (Å²) in [6.45, 7) is 1.34. The van der Waals surface area contributed by atoms with Crippen LogP contribution in [0.5, 0.6) is 0 Å².